The molecule has 0 bridgehead atoms. The normalized spacial score (nSPS) is 59.2. The van der Waals surface area contributed by atoms with E-state index >= 15 is 0 Å². The molecule has 0 amide bonds. The number of rotatable bonds is 1. The van der Waals surface area contributed by atoms with E-state index in [-0.39, 0.29) is 0 Å². The maximum Gasteiger partial charge on any atom is 0.104 e. The van der Waals surface area contributed by atoms with Gasteiger partial charge >= 0.3 is 0 Å². The molecule has 0 heterocycles. The van der Waals surface area contributed by atoms with Gasteiger partial charge in [0.1, 0.15) is 6.17 Å². The monoisotopic (exact) mass is 114 g/mol. The number of hydrogen-bond donors (Lipinski definition) is 0. The van der Waals surface area contributed by atoms with Crippen molar-refractivity contribution >= 4 is 0 Å². The van der Waals surface area contributed by atoms with Crippen LogP contribution in [0.1, 0.15) is 26.2 Å². The van der Waals surface area contributed by atoms with Gasteiger partial charge in [-0.15, -0.1) is 0 Å². The highest BCUT2D eigenvalue weighted by Crippen LogP contribution is 2.70. The zero-order chi connectivity index (χ0) is 5.78. The quantitative estimate of drug-likeness (QED) is 0.490. The van der Waals surface area contributed by atoms with Crippen molar-refractivity contribution in [3.05, 3.63) is 0 Å². The van der Waals surface area contributed by atoms with E-state index in [9.17, 15) is 4.39 Å². The van der Waals surface area contributed by atoms with Crippen molar-refractivity contribution in [1.82, 2.24) is 0 Å². The fourth-order valence-electron chi connectivity index (χ4n) is 2.05. The number of halogens is 1. The first-order valence-electron chi connectivity index (χ1n) is 3.42. The first-order valence-corrected chi connectivity index (χ1v) is 3.42. The van der Waals surface area contributed by atoms with Crippen LogP contribution in [-0.2, 0) is 0 Å². The van der Waals surface area contributed by atoms with Crippen molar-refractivity contribution in [1.29, 1.82) is 0 Å². The summed E-state index contributed by atoms with van der Waals surface area (Å²) < 4.78 is 12.4. The summed E-state index contributed by atoms with van der Waals surface area (Å²) in [4.78, 5) is 0. The second-order valence-electron chi connectivity index (χ2n) is 3.25. The summed E-state index contributed by atoms with van der Waals surface area (Å²) in [5, 5.41) is 0. The highest BCUT2D eigenvalue weighted by atomic mass is 19.1. The Morgan fingerprint density at radius 1 is 1.62 bits per heavy atom. The summed E-state index contributed by atoms with van der Waals surface area (Å²) in [6.07, 6.45) is 2.84. The molecule has 0 N–H and O–H groups in total. The zero-order valence-corrected chi connectivity index (χ0v) is 5.15. The second-order valence-corrected chi connectivity index (χ2v) is 3.25. The number of hydrogen-bond acceptors (Lipinski definition) is 0. The van der Waals surface area contributed by atoms with Gasteiger partial charge in [0.05, 0.1) is 0 Å². The van der Waals surface area contributed by atoms with E-state index in [1.165, 1.54) is 12.8 Å². The Bertz CT molecular complexity index is 122. The Labute approximate surface area is 49.1 Å². The second kappa shape index (κ2) is 1.09. The van der Waals surface area contributed by atoms with Crippen LogP contribution < -0.4 is 0 Å². The molecule has 1 unspecified atom stereocenters. The number of alkyl halides is 1. The van der Waals surface area contributed by atoms with Gasteiger partial charge in [0.15, 0.2) is 0 Å². The van der Waals surface area contributed by atoms with Crippen LogP contribution in [-0.4, -0.2) is 6.17 Å². The van der Waals surface area contributed by atoms with Crippen molar-refractivity contribution in [2.45, 2.75) is 32.4 Å². The molecule has 0 radical (unpaired) electrons. The van der Waals surface area contributed by atoms with Crippen molar-refractivity contribution < 1.29 is 4.39 Å². The summed E-state index contributed by atoms with van der Waals surface area (Å²) in [6.45, 7) is 2.17. The molecule has 8 heavy (non-hydrogen) atoms. The summed E-state index contributed by atoms with van der Waals surface area (Å²) >= 11 is 0. The van der Waals surface area contributed by atoms with Crippen LogP contribution in [0.15, 0.2) is 0 Å². The average molecular weight is 114 g/mol. The predicted molar refractivity (Wildman–Crippen MR) is 30.3 cm³/mol. The molecular formula is C7H11F. The summed E-state index contributed by atoms with van der Waals surface area (Å²) in [5.74, 6) is 0.493. The molecule has 2 fully saturated rings. The topological polar surface area (TPSA) is 0 Å². The van der Waals surface area contributed by atoms with Gasteiger partial charge in [0.25, 0.3) is 0 Å². The molecular weight excluding hydrogens is 103 g/mol. The molecule has 0 aliphatic heterocycles. The van der Waals surface area contributed by atoms with Crippen LogP contribution in [0, 0.1) is 11.3 Å². The molecule has 2 aliphatic rings. The lowest BCUT2D eigenvalue weighted by Crippen LogP contribution is -2.26. The van der Waals surface area contributed by atoms with Gasteiger partial charge in [0.2, 0.25) is 0 Å². The first kappa shape index (κ1) is 4.78. The highest BCUT2D eigenvalue weighted by Gasteiger charge is 2.66. The minimum atomic E-state index is -0.421. The molecule has 1 heteroatoms. The van der Waals surface area contributed by atoms with Crippen LogP contribution >= 0.6 is 0 Å². The zero-order valence-electron chi connectivity index (χ0n) is 5.15. The van der Waals surface area contributed by atoms with E-state index in [4.69, 9.17) is 0 Å². The molecule has 2 rings (SSSR count). The number of fused-ring (bicyclic) bond motifs is 1. The van der Waals surface area contributed by atoms with Crippen LogP contribution in [0.2, 0.25) is 0 Å². The minimum Gasteiger partial charge on any atom is -0.247 e. The van der Waals surface area contributed by atoms with Gasteiger partial charge in [-0.2, -0.15) is 0 Å². The maximum absolute atomic E-state index is 12.4. The van der Waals surface area contributed by atoms with E-state index < -0.39 is 6.17 Å². The van der Waals surface area contributed by atoms with Gasteiger partial charge in [-0.1, -0.05) is 6.92 Å². The third-order valence-corrected chi connectivity index (χ3v) is 3.00. The third kappa shape index (κ3) is 0.329. The Morgan fingerprint density at radius 3 is 2.50 bits per heavy atom. The first-order chi connectivity index (χ1) is 3.78. The molecule has 3 atom stereocenters. The van der Waals surface area contributed by atoms with Crippen LogP contribution in [0.25, 0.3) is 0 Å². The standard InChI is InChI=1S/C7H11F/c1-2-7-3-5(7)6(8)4-7/h5-6H,2-4H2,1H3/t5?,6-,7-/m1/s1. The van der Waals surface area contributed by atoms with E-state index in [1.807, 2.05) is 0 Å². The summed E-state index contributed by atoms with van der Waals surface area (Å²) in [5.41, 5.74) is 0.527. The molecule has 0 nitrogen and oxygen atoms in total. The van der Waals surface area contributed by atoms with Crippen LogP contribution in [0.3, 0.4) is 0 Å². The molecule has 0 saturated heterocycles. The largest absolute Gasteiger partial charge is 0.247 e. The Hall–Kier alpha value is -0.0700. The molecule has 0 aromatic carbocycles. The SMILES string of the molecule is CC[C@]12CC1[C@H](F)C2. The lowest BCUT2D eigenvalue weighted by atomic mass is 9.81. The lowest BCUT2D eigenvalue weighted by molar-refractivity contribution is 0.117. The van der Waals surface area contributed by atoms with Gasteiger partial charge in [0, 0.05) is 0 Å². The van der Waals surface area contributed by atoms with Crippen molar-refractivity contribution in [3.63, 3.8) is 0 Å². The summed E-state index contributed by atoms with van der Waals surface area (Å²) in [7, 11) is 0. The smallest absolute Gasteiger partial charge is 0.104 e. The lowest BCUT2D eigenvalue weighted by Gasteiger charge is -2.27. The van der Waals surface area contributed by atoms with Gasteiger partial charge in [-0.3, -0.25) is 0 Å². The Balaban J connectivity index is 2.02. The van der Waals surface area contributed by atoms with Crippen LogP contribution in [0.5, 0.6) is 0 Å². The Kier molecular flexibility index (Phi) is 0.653. The van der Waals surface area contributed by atoms with E-state index in [2.05, 4.69) is 6.92 Å². The summed E-state index contributed by atoms with van der Waals surface area (Å²) in [6, 6.07) is 0. The van der Waals surface area contributed by atoms with Gasteiger partial charge < -0.3 is 0 Å². The van der Waals surface area contributed by atoms with E-state index in [0.717, 1.165) is 6.42 Å². The maximum atomic E-state index is 12.4. The van der Waals surface area contributed by atoms with Crippen LogP contribution in [0.4, 0.5) is 4.39 Å². The van der Waals surface area contributed by atoms with Crippen molar-refractivity contribution in [2.75, 3.05) is 0 Å². The van der Waals surface area contributed by atoms with Gasteiger partial charge in [-0.05, 0) is 30.6 Å². The molecule has 46 valence electrons. The predicted octanol–water partition coefficient (Wildman–Crippen LogP) is 2.14. The van der Waals surface area contributed by atoms with Gasteiger partial charge in [-0.25, -0.2) is 4.39 Å². The minimum absolute atomic E-state index is 0.421. The average Bonchev–Trinajstić information content (AvgIpc) is 2.36. The molecule has 0 aromatic heterocycles. The van der Waals surface area contributed by atoms with Crippen molar-refractivity contribution in [2.24, 2.45) is 11.3 Å². The highest BCUT2D eigenvalue weighted by molar-refractivity contribution is 5.15. The van der Waals surface area contributed by atoms with Crippen molar-refractivity contribution in [3.8, 4) is 0 Å². The molecule has 2 aliphatic carbocycles. The molecule has 0 spiro atoms. The van der Waals surface area contributed by atoms with E-state index in [0.29, 0.717) is 11.3 Å². The Morgan fingerprint density at radius 2 is 2.38 bits per heavy atom. The molecule has 2 saturated carbocycles. The fraction of sp³-hybridized carbons (Fsp3) is 1.00. The fourth-order valence-corrected chi connectivity index (χ4v) is 2.05. The third-order valence-electron chi connectivity index (χ3n) is 3.00. The van der Waals surface area contributed by atoms with E-state index in [1.54, 1.807) is 0 Å². The molecule has 0 aromatic rings.